The fourth-order valence-corrected chi connectivity index (χ4v) is 3.19. The molecule has 0 amide bonds. The highest BCUT2D eigenvalue weighted by atomic mass is 35.5. The zero-order valence-electron chi connectivity index (χ0n) is 15.4. The van der Waals surface area contributed by atoms with E-state index in [1.165, 1.54) is 11.1 Å². The van der Waals surface area contributed by atoms with Crippen LogP contribution in [0.4, 0.5) is 0 Å². The van der Waals surface area contributed by atoms with Crippen LogP contribution in [0.3, 0.4) is 0 Å². The number of hydrogen-bond donors (Lipinski definition) is 1. The van der Waals surface area contributed by atoms with Gasteiger partial charge in [0.2, 0.25) is 0 Å². The van der Waals surface area contributed by atoms with Crippen LogP contribution in [0.5, 0.6) is 0 Å². The highest BCUT2D eigenvalue weighted by Gasteiger charge is 2.25. The molecule has 0 spiro atoms. The second-order valence-electron chi connectivity index (χ2n) is 7.44. The molecule has 2 unspecified atom stereocenters. The molecule has 0 bridgehead atoms. The molecule has 2 aliphatic rings. The molecule has 0 radical (unpaired) electrons. The summed E-state index contributed by atoms with van der Waals surface area (Å²) in [5.41, 5.74) is 4.34. The Labute approximate surface area is 156 Å². The van der Waals surface area contributed by atoms with E-state index < -0.39 is 0 Å². The molecule has 0 saturated carbocycles. The lowest BCUT2D eigenvalue weighted by atomic mass is 9.74. The number of nitrogens with one attached hydrogen (secondary N) is 1. The second-order valence-corrected chi connectivity index (χ2v) is 7.87. The third-order valence-electron chi connectivity index (χ3n) is 4.79. The molecule has 2 nitrogen and oxygen atoms in total. The van der Waals surface area contributed by atoms with Gasteiger partial charge in [-0.05, 0) is 54.9 Å². The first-order chi connectivity index (χ1) is 11.7. The number of hydrogen-bond acceptors (Lipinski definition) is 2. The summed E-state index contributed by atoms with van der Waals surface area (Å²) < 4.78 is 0. The maximum Gasteiger partial charge on any atom is 0.0883 e. The lowest BCUT2D eigenvalue weighted by Gasteiger charge is -2.31. The van der Waals surface area contributed by atoms with Crippen LogP contribution in [0.2, 0.25) is 0 Å². The summed E-state index contributed by atoms with van der Waals surface area (Å²) in [7, 11) is 0. The van der Waals surface area contributed by atoms with Crippen molar-refractivity contribution < 1.29 is 0 Å². The normalized spacial score (nSPS) is 25.6. The first-order valence-electron chi connectivity index (χ1n) is 8.63. The molecule has 3 heteroatoms. The predicted octanol–water partition coefficient (Wildman–Crippen LogP) is 6.54. The van der Waals surface area contributed by atoms with E-state index in [0.29, 0.717) is 28.8 Å². The van der Waals surface area contributed by atoms with Crippen molar-refractivity contribution in [3.8, 4) is 0 Å². The van der Waals surface area contributed by atoms with Gasteiger partial charge in [0.15, 0.2) is 0 Å². The molecule has 2 aliphatic carbocycles. The van der Waals surface area contributed by atoms with Gasteiger partial charge in [0.05, 0.1) is 11.4 Å². The van der Waals surface area contributed by atoms with Gasteiger partial charge in [-0.3, -0.25) is 10.4 Å². The van der Waals surface area contributed by atoms with Crippen molar-refractivity contribution in [1.82, 2.24) is 0 Å². The third kappa shape index (κ3) is 5.54. The number of rotatable bonds is 6. The Hall–Kier alpha value is -1.93. The van der Waals surface area contributed by atoms with E-state index in [9.17, 15) is 0 Å². The molecule has 0 aromatic heterocycles. The van der Waals surface area contributed by atoms with Crippen LogP contribution >= 0.6 is 11.6 Å². The fraction of sp³-hybridized carbons (Fsp3) is 0.364. The van der Waals surface area contributed by atoms with Gasteiger partial charge in [-0.1, -0.05) is 62.4 Å². The molecule has 2 rings (SSSR count). The number of halogens is 1. The minimum absolute atomic E-state index is 0.185. The van der Waals surface area contributed by atoms with Crippen molar-refractivity contribution in [3.05, 3.63) is 71.5 Å². The number of allylic oxidation sites excluding steroid dienone is 9. The van der Waals surface area contributed by atoms with E-state index >= 15 is 0 Å². The van der Waals surface area contributed by atoms with E-state index in [1.54, 1.807) is 18.2 Å². The lowest BCUT2D eigenvalue weighted by Crippen LogP contribution is -2.19. The average Bonchev–Trinajstić information content (AvgIpc) is 2.52. The maximum atomic E-state index is 7.92. The molecular formula is C22H27ClN2. The van der Waals surface area contributed by atoms with Crippen LogP contribution in [0, 0.1) is 16.7 Å². The van der Waals surface area contributed by atoms with E-state index in [0.717, 1.165) is 18.5 Å². The van der Waals surface area contributed by atoms with E-state index in [4.69, 9.17) is 17.0 Å². The first kappa shape index (κ1) is 19.4. The van der Waals surface area contributed by atoms with Gasteiger partial charge in [0, 0.05) is 17.2 Å². The zero-order valence-corrected chi connectivity index (χ0v) is 16.2. The molecule has 0 fully saturated rings. The van der Waals surface area contributed by atoms with Crippen LogP contribution in [0.25, 0.3) is 0 Å². The lowest BCUT2D eigenvalue weighted by molar-refractivity contribution is 0.342. The van der Waals surface area contributed by atoms with E-state index in [1.807, 2.05) is 0 Å². The topological polar surface area (TPSA) is 36.2 Å². The van der Waals surface area contributed by atoms with Gasteiger partial charge in [-0.2, -0.15) is 0 Å². The van der Waals surface area contributed by atoms with Crippen LogP contribution in [-0.2, 0) is 0 Å². The Balaban J connectivity index is 1.96. The van der Waals surface area contributed by atoms with Crippen LogP contribution in [-0.4, -0.2) is 11.4 Å². The average molecular weight is 355 g/mol. The predicted molar refractivity (Wildman–Crippen MR) is 111 cm³/mol. The summed E-state index contributed by atoms with van der Waals surface area (Å²) >= 11 is 5.88. The Kier molecular flexibility index (Phi) is 6.18. The Morgan fingerprint density at radius 2 is 2.08 bits per heavy atom. The van der Waals surface area contributed by atoms with Gasteiger partial charge in [0.25, 0.3) is 0 Å². The van der Waals surface area contributed by atoms with Gasteiger partial charge in [-0.25, -0.2) is 0 Å². The summed E-state index contributed by atoms with van der Waals surface area (Å²) in [5.74, 6) is 0.523. The minimum Gasteiger partial charge on any atom is -0.299 e. The summed E-state index contributed by atoms with van der Waals surface area (Å²) in [4.78, 5) is 4.47. The molecule has 0 aromatic rings. The Bertz CT molecular complexity index is 746. The molecule has 0 saturated heterocycles. The Morgan fingerprint density at radius 3 is 2.64 bits per heavy atom. The smallest absolute Gasteiger partial charge is 0.0883 e. The highest BCUT2D eigenvalue weighted by molar-refractivity contribution is 6.52. The molecule has 2 atom stereocenters. The molecule has 132 valence electrons. The number of aliphatic imine (C=N–C) groups is 1. The molecule has 0 aromatic carbocycles. The van der Waals surface area contributed by atoms with Crippen molar-refractivity contribution in [3.63, 3.8) is 0 Å². The maximum absolute atomic E-state index is 7.92. The zero-order chi connectivity index (χ0) is 18.6. The van der Waals surface area contributed by atoms with Crippen molar-refractivity contribution in [1.29, 1.82) is 5.41 Å². The van der Waals surface area contributed by atoms with Crippen molar-refractivity contribution in [2.75, 3.05) is 0 Å². The van der Waals surface area contributed by atoms with E-state index in [-0.39, 0.29) is 5.41 Å². The quantitative estimate of drug-likeness (QED) is 0.415. The minimum atomic E-state index is 0.185. The first-order valence-corrected chi connectivity index (χ1v) is 9.01. The molecule has 0 heterocycles. The molecular weight excluding hydrogens is 328 g/mol. The summed E-state index contributed by atoms with van der Waals surface area (Å²) in [6, 6.07) is 0. The van der Waals surface area contributed by atoms with Crippen molar-refractivity contribution >= 4 is 23.0 Å². The van der Waals surface area contributed by atoms with Crippen LogP contribution < -0.4 is 0 Å². The third-order valence-corrected chi connectivity index (χ3v) is 5.02. The fourth-order valence-electron chi connectivity index (χ4n) is 3.02. The van der Waals surface area contributed by atoms with Crippen molar-refractivity contribution in [2.45, 2.75) is 40.0 Å². The summed E-state index contributed by atoms with van der Waals surface area (Å²) in [6.07, 6.45) is 14.7. The highest BCUT2D eigenvalue weighted by Crippen LogP contribution is 2.38. The van der Waals surface area contributed by atoms with Gasteiger partial charge in [0.1, 0.15) is 0 Å². The Morgan fingerprint density at radius 1 is 1.36 bits per heavy atom. The van der Waals surface area contributed by atoms with Crippen LogP contribution in [0.1, 0.15) is 40.0 Å². The van der Waals surface area contributed by atoms with Crippen molar-refractivity contribution in [2.24, 2.45) is 16.3 Å². The number of nitrogens with zero attached hydrogens (tertiary/aromatic N) is 1. The monoisotopic (exact) mass is 354 g/mol. The molecule has 0 aliphatic heterocycles. The second kappa shape index (κ2) is 7.97. The van der Waals surface area contributed by atoms with Gasteiger partial charge in [-0.15, -0.1) is 0 Å². The summed E-state index contributed by atoms with van der Waals surface area (Å²) in [5, 5.41) is 8.47. The van der Waals surface area contributed by atoms with Gasteiger partial charge < -0.3 is 0 Å². The molecule has 1 N–H and O–H groups in total. The SMILES string of the molecule is C=C(CC1=CCC(C)(CC(C)C(=C)C)C=C1)N=C1C=CC(Cl)=CC1=N. The largest absolute Gasteiger partial charge is 0.299 e. The molecule has 25 heavy (non-hydrogen) atoms. The summed E-state index contributed by atoms with van der Waals surface area (Å²) in [6.45, 7) is 14.8. The van der Waals surface area contributed by atoms with Crippen LogP contribution in [0.15, 0.2) is 76.5 Å². The van der Waals surface area contributed by atoms with E-state index in [2.05, 4.69) is 57.1 Å². The standard InChI is InChI=1S/C22H27ClN2/c1-15(2)16(3)14-22(5)10-8-18(9-11-22)12-17(4)25-21-7-6-19(23)13-20(21)24/h6-10,13,16,24H,1,4,11-12,14H2,2-3,5H3. The van der Waals surface area contributed by atoms with Gasteiger partial charge >= 0.3 is 0 Å².